The summed E-state index contributed by atoms with van der Waals surface area (Å²) in [5, 5.41) is 0. The Labute approximate surface area is 172 Å². The molecule has 1 amide bonds. The van der Waals surface area contributed by atoms with Crippen molar-refractivity contribution in [2.24, 2.45) is 0 Å². The first-order valence-corrected chi connectivity index (χ1v) is 9.70. The van der Waals surface area contributed by atoms with Crippen LogP contribution >= 0.6 is 15.9 Å². The third kappa shape index (κ3) is 7.14. The maximum Gasteiger partial charge on any atom is 0.515 e. The Kier molecular flexibility index (Phi) is 6.74. The van der Waals surface area contributed by atoms with Gasteiger partial charge in [-0.25, -0.2) is 14.6 Å². The fourth-order valence-corrected chi connectivity index (χ4v) is 2.58. The molecule has 156 valence electrons. The Hall–Kier alpha value is -2.10. The largest absolute Gasteiger partial charge is 0.515 e. The summed E-state index contributed by atoms with van der Waals surface area (Å²) in [7, 11) is 0. The number of hydrogen-bond acceptors (Lipinski definition) is 8. The summed E-state index contributed by atoms with van der Waals surface area (Å²) in [6, 6.07) is 0. The van der Waals surface area contributed by atoms with E-state index in [0.717, 1.165) is 0 Å². The molecule has 2 heterocycles. The molecule has 1 unspecified atom stereocenters. The van der Waals surface area contributed by atoms with Gasteiger partial charge in [-0.3, -0.25) is 0 Å². The molecule has 0 spiro atoms. The van der Waals surface area contributed by atoms with Crippen LogP contribution in [0.15, 0.2) is 10.8 Å². The van der Waals surface area contributed by atoms with Crippen molar-refractivity contribution in [2.45, 2.75) is 65.3 Å². The molecule has 0 bridgehead atoms. The summed E-state index contributed by atoms with van der Waals surface area (Å²) in [5.74, 6) is -0.0653. The van der Waals surface area contributed by atoms with Crippen molar-refractivity contribution in [1.82, 2.24) is 14.9 Å². The number of likely N-dealkylation sites (tertiary alicyclic amines) is 1. The van der Waals surface area contributed by atoms with E-state index in [9.17, 15) is 9.59 Å². The van der Waals surface area contributed by atoms with Gasteiger partial charge in [-0.15, -0.1) is 0 Å². The molecule has 1 aromatic rings. The molecule has 1 atom stereocenters. The molecule has 1 aliphatic rings. The van der Waals surface area contributed by atoms with E-state index in [-0.39, 0.29) is 17.9 Å². The molecule has 1 aromatic heterocycles. The topological polar surface area (TPSA) is 100 Å². The van der Waals surface area contributed by atoms with Crippen molar-refractivity contribution in [1.29, 1.82) is 0 Å². The number of rotatable bonds is 3. The summed E-state index contributed by atoms with van der Waals surface area (Å²) in [5.41, 5.74) is -1.28. The van der Waals surface area contributed by atoms with E-state index in [2.05, 4.69) is 25.9 Å². The van der Waals surface area contributed by atoms with Gasteiger partial charge in [0, 0.05) is 13.0 Å². The molecule has 1 fully saturated rings. The summed E-state index contributed by atoms with van der Waals surface area (Å²) in [4.78, 5) is 33.9. The molecule has 1 aliphatic heterocycles. The van der Waals surface area contributed by atoms with Crippen LogP contribution in [0.5, 0.6) is 11.8 Å². The highest BCUT2D eigenvalue weighted by molar-refractivity contribution is 9.10. The van der Waals surface area contributed by atoms with Crippen molar-refractivity contribution in [3.8, 4) is 11.8 Å². The minimum Gasteiger partial charge on any atom is -0.469 e. The Bertz CT molecular complexity index is 729. The number of amides is 1. The smallest absolute Gasteiger partial charge is 0.469 e. The fourth-order valence-electron chi connectivity index (χ4n) is 2.31. The second-order valence-corrected chi connectivity index (χ2v) is 9.14. The van der Waals surface area contributed by atoms with Crippen molar-refractivity contribution >= 4 is 28.2 Å². The number of hydrogen-bond donors (Lipinski definition) is 0. The highest BCUT2D eigenvalue weighted by atomic mass is 79.9. The van der Waals surface area contributed by atoms with Gasteiger partial charge < -0.3 is 23.8 Å². The predicted molar refractivity (Wildman–Crippen MR) is 103 cm³/mol. The molecule has 28 heavy (non-hydrogen) atoms. The van der Waals surface area contributed by atoms with Crippen LogP contribution < -0.4 is 9.47 Å². The quantitative estimate of drug-likeness (QED) is 0.626. The van der Waals surface area contributed by atoms with Crippen molar-refractivity contribution < 1.29 is 28.5 Å². The monoisotopic (exact) mass is 459 g/mol. The number of carbonyl (C=O) groups excluding carboxylic acids is 2. The molecule has 0 aliphatic carbocycles. The Morgan fingerprint density at radius 1 is 1.11 bits per heavy atom. The van der Waals surface area contributed by atoms with Gasteiger partial charge in [-0.2, -0.15) is 4.98 Å². The Morgan fingerprint density at radius 3 is 2.36 bits per heavy atom. The molecule has 0 aromatic carbocycles. The lowest BCUT2D eigenvalue weighted by molar-refractivity contribution is 0.0183. The minimum atomic E-state index is -0.911. The highest BCUT2D eigenvalue weighted by Crippen LogP contribution is 2.28. The molecule has 0 saturated carbocycles. The van der Waals surface area contributed by atoms with Crippen LogP contribution in [0.1, 0.15) is 48.0 Å². The summed E-state index contributed by atoms with van der Waals surface area (Å²) >= 11 is 3.19. The number of carbonyl (C=O) groups is 2. The zero-order valence-electron chi connectivity index (χ0n) is 16.9. The van der Waals surface area contributed by atoms with Crippen molar-refractivity contribution in [3.63, 3.8) is 0 Å². The number of nitrogens with zero attached hydrogens (tertiary/aromatic N) is 3. The molecular weight excluding hydrogens is 434 g/mol. The number of aromatic nitrogens is 2. The van der Waals surface area contributed by atoms with E-state index < -0.39 is 23.5 Å². The van der Waals surface area contributed by atoms with E-state index in [1.165, 1.54) is 6.20 Å². The predicted octanol–water partition coefficient (Wildman–Crippen LogP) is 3.94. The van der Waals surface area contributed by atoms with Gasteiger partial charge in [0.1, 0.15) is 21.9 Å². The van der Waals surface area contributed by atoms with Crippen molar-refractivity contribution in [2.75, 3.05) is 13.1 Å². The van der Waals surface area contributed by atoms with Crippen LogP contribution in [-0.4, -0.2) is 57.5 Å². The molecule has 2 rings (SSSR count). The second-order valence-electron chi connectivity index (χ2n) is 8.32. The third-order valence-electron chi connectivity index (χ3n) is 3.32. The van der Waals surface area contributed by atoms with Gasteiger partial charge in [0.05, 0.1) is 12.7 Å². The lowest BCUT2D eigenvalue weighted by Crippen LogP contribution is -2.36. The normalized spacial score (nSPS) is 17.2. The number of ether oxygens (including phenoxy) is 4. The van der Waals surface area contributed by atoms with E-state index in [1.807, 2.05) is 20.8 Å². The SMILES string of the molecule is CC(C)(C)OC(=O)Oc1nc(Br)cnc1OC1CCN(C(=O)OC(C)(C)C)C1. The van der Waals surface area contributed by atoms with E-state index in [4.69, 9.17) is 18.9 Å². The Balaban J connectivity index is 2.02. The third-order valence-corrected chi connectivity index (χ3v) is 3.71. The second kappa shape index (κ2) is 8.50. The van der Waals surface area contributed by atoms with Crippen LogP contribution in [0.3, 0.4) is 0 Å². The summed E-state index contributed by atoms with van der Waals surface area (Å²) in [6.07, 6.45) is 0.377. The van der Waals surface area contributed by atoms with Gasteiger partial charge in [-0.05, 0) is 57.5 Å². The summed E-state index contributed by atoms with van der Waals surface area (Å²) in [6.45, 7) is 11.4. The van der Waals surface area contributed by atoms with Crippen LogP contribution in [-0.2, 0) is 9.47 Å². The fraction of sp³-hybridized carbons (Fsp3) is 0.667. The Morgan fingerprint density at radius 2 is 1.75 bits per heavy atom. The minimum absolute atomic E-state index is 0.0464. The molecule has 0 radical (unpaired) electrons. The maximum atomic E-state index is 12.2. The van der Waals surface area contributed by atoms with Gasteiger partial charge in [0.15, 0.2) is 0 Å². The van der Waals surface area contributed by atoms with Gasteiger partial charge in [-0.1, -0.05) is 0 Å². The maximum absolute atomic E-state index is 12.2. The van der Waals surface area contributed by atoms with E-state index >= 15 is 0 Å². The van der Waals surface area contributed by atoms with Gasteiger partial charge in [0.25, 0.3) is 11.8 Å². The zero-order valence-corrected chi connectivity index (χ0v) is 18.5. The average Bonchev–Trinajstić information content (AvgIpc) is 2.95. The number of halogens is 1. The molecule has 1 saturated heterocycles. The highest BCUT2D eigenvalue weighted by Gasteiger charge is 2.32. The summed E-state index contributed by atoms with van der Waals surface area (Å²) < 4.78 is 21.9. The van der Waals surface area contributed by atoms with Crippen LogP contribution in [0.2, 0.25) is 0 Å². The van der Waals surface area contributed by atoms with E-state index in [0.29, 0.717) is 24.1 Å². The van der Waals surface area contributed by atoms with Crippen LogP contribution in [0.4, 0.5) is 9.59 Å². The first kappa shape index (κ1) is 22.2. The van der Waals surface area contributed by atoms with Crippen LogP contribution in [0.25, 0.3) is 0 Å². The molecule has 0 N–H and O–H groups in total. The van der Waals surface area contributed by atoms with E-state index in [1.54, 1.807) is 25.7 Å². The molecule has 9 nitrogen and oxygen atoms in total. The zero-order chi connectivity index (χ0) is 21.1. The van der Waals surface area contributed by atoms with Gasteiger partial charge >= 0.3 is 12.2 Å². The first-order valence-electron chi connectivity index (χ1n) is 8.90. The van der Waals surface area contributed by atoms with Crippen LogP contribution in [0, 0.1) is 0 Å². The van der Waals surface area contributed by atoms with Crippen molar-refractivity contribution in [3.05, 3.63) is 10.8 Å². The standard InChI is InChI=1S/C18H26BrN3O6/c1-17(2,3)27-15(23)22-8-7-11(10-22)25-13-14(21-12(19)9-20-13)26-16(24)28-18(4,5)6/h9,11H,7-8,10H2,1-6H3. The van der Waals surface area contributed by atoms with Gasteiger partial charge in [0.2, 0.25) is 0 Å². The first-order chi connectivity index (χ1) is 12.8. The lowest BCUT2D eigenvalue weighted by Gasteiger charge is -2.24. The lowest BCUT2D eigenvalue weighted by atomic mass is 10.2. The molecule has 10 heteroatoms. The average molecular weight is 460 g/mol. The molecular formula is C18H26BrN3O6.